The summed E-state index contributed by atoms with van der Waals surface area (Å²) in [4.78, 5) is 44.1. The molecule has 0 radical (unpaired) electrons. The van der Waals surface area contributed by atoms with Gasteiger partial charge in [-0.2, -0.15) is 4.98 Å². The lowest BCUT2D eigenvalue weighted by Gasteiger charge is -2.33. The van der Waals surface area contributed by atoms with Crippen molar-refractivity contribution in [2.75, 3.05) is 22.5 Å². The number of rotatable bonds is 8. The van der Waals surface area contributed by atoms with E-state index in [1.165, 1.54) is 12.1 Å². The Morgan fingerprint density at radius 1 is 1.06 bits per heavy atom. The fourth-order valence-electron chi connectivity index (χ4n) is 4.20. The molecule has 3 aromatic rings. The van der Waals surface area contributed by atoms with Gasteiger partial charge >= 0.3 is 0 Å². The number of para-hydroxylation sites is 1. The standard InChI is InChI=1S/C25H28FN7O3/c26-18-10-9-16(13-17(18)22(35)31-15-7-3-1-4-8-15)30-21-19(20(27)34)23(36)33-24(32-21)29-14-25(28)11-5-2-6-12-25/h1,3-4,7-10,13H,2,5-6,11-12,14,28H2,(H2,27,34)(H,31,35)(H3,29,30,32,33,36). The molecule has 0 atom stereocenters. The van der Waals surface area contributed by atoms with Gasteiger partial charge in [0.05, 0.1) is 5.56 Å². The molecule has 0 spiro atoms. The molecule has 10 nitrogen and oxygen atoms in total. The molecule has 8 N–H and O–H groups in total. The van der Waals surface area contributed by atoms with Crippen molar-refractivity contribution in [3.8, 4) is 0 Å². The first-order valence-electron chi connectivity index (χ1n) is 11.6. The van der Waals surface area contributed by atoms with Gasteiger partial charge in [0.15, 0.2) is 5.82 Å². The van der Waals surface area contributed by atoms with Crippen molar-refractivity contribution >= 4 is 35.0 Å². The lowest BCUT2D eigenvalue weighted by Crippen LogP contribution is -2.48. The van der Waals surface area contributed by atoms with Gasteiger partial charge in [-0.25, -0.2) is 4.39 Å². The molecule has 11 heteroatoms. The van der Waals surface area contributed by atoms with E-state index >= 15 is 0 Å². The summed E-state index contributed by atoms with van der Waals surface area (Å²) in [6, 6.07) is 12.3. The Morgan fingerprint density at radius 2 is 1.78 bits per heavy atom. The van der Waals surface area contributed by atoms with Crippen LogP contribution in [0.15, 0.2) is 53.3 Å². The lowest BCUT2D eigenvalue weighted by molar-refractivity contribution is 0.0996. The van der Waals surface area contributed by atoms with Gasteiger partial charge < -0.3 is 27.4 Å². The van der Waals surface area contributed by atoms with E-state index in [0.717, 1.165) is 38.2 Å². The SMILES string of the molecule is NC(=O)c1c(Nc2ccc(F)c(C(=O)Nc3ccccc3)c2)nc(NCC2(N)CCCCC2)[nH]c1=O. The van der Waals surface area contributed by atoms with E-state index in [1.807, 2.05) is 0 Å². The monoisotopic (exact) mass is 493 g/mol. The Balaban J connectivity index is 1.59. The van der Waals surface area contributed by atoms with Crippen LogP contribution in [0.25, 0.3) is 0 Å². The first-order valence-corrected chi connectivity index (χ1v) is 11.6. The van der Waals surface area contributed by atoms with Crippen LogP contribution in [0.3, 0.4) is 0 Å². The Morgan fingerprint density at radius 3 is 2.47 bits per heavy atom. The second kappa shape index (κ2) is 10.6. The average Bonchev–Trinajstić information content (AvgIpc) is 2.84. The number of benzene rings is 2. The van der Waals surface area contributed by atoms with Crippen LogP contribution in [0.1, 0.15) is 52.8 Å². The van der Waals surface area contributed by atoms with E-state index in [4.69, 9.17) is 11.5 Å². The highest BCUT2D eigenvalue weighted by atomic mass is 19.1. The maximum Gasteiger partial charge on any atom is 0.267 e. The van der Waals surface area contributed by atoms with E-state index in [1.54, 1.807) is 30.3 Å². The molecule has 1 aromatic heterocycles. The number of halogens is 1. The normalized spacial score (nSPS) is 14.6. The van der Waals surface area contributed by atoms with Crippen LogP contribution in [0.4, 0.5) is 27.5 Å². The zero-order chi connectivity index (χ0) is 25.7. The predicted molar refractivity (Wildman–Crippen MR) is 136 cm³/mol. The van der Waals surface area contributed by atoms with Crippen LogP contribution in [0.5, 0.6) is 0 Å². The highest BCUT2D eigenvalue weighted by Crippen LogP contribution is 2.26. The minimum Gasteiger partial charge on any atom is -0.365 e. The van der Waals surface area contributed by atoms with Crippen molar-refractivity contribution in [1.29, 1.82) is 0 Å². The molecule has 1 saturated carbocycles. The van der Waals surface area contributed by atoms with Crippen molar-refractivity contribution in [3.05, 3.63) is 75.8 Å². The Hall–Kier alpha value is -4.25. The number of aromatic nitrogens is 2. The van der Waals surface area contributed by atoms with E-state index in [9.17, 15) is 18.8 Å². The number of hydrogen-bond acceptors (Lipinski definition) is 7. The van der Waals surface area contributed by atoms with Gasteiger partial charge in [0.25, 0.3) is 17.4 Å². The third-order valence-electron chi connectivity index (χ3n) is 6.13. The zero-order valence-electron chi connectivity index (χ0n) is 19.6. The number of amides is 2. The molecule has 0 aliphatic heterocycles. The molecule has 0 unspecified atom stereocenters. The summed E-state index contributed by atoms with van der Waals surface area (Å²) in [6.45, 7) is 0.381. The molecule has 1 aliphatic carbocycles. The first-order chi connectivity index (χ1) is 17.2. The number of aromatic amines is 1. The van der Waals surface area contributed by atoms with E-state index in [2.05, 4.69) is 25.9 Å². The molecule has 2 aromatic carbocycles. The Labute approximate surface area is 206 Å². The molecular weight excluding hydrogens is 465 g/mol. The van der Waals surface area contributed by atoms with Crippen LogP contribution >= 0.6 is 0 Å². The minimum absolute atomic E-state index is 0.104. The highest BCUT2D eigenvalue weighted by Gasteiger charge is 2.27. The summed E-state index contributed by atoms with van der Waals surface area (Å²) in [7, 11) is 0. The van der Waals surface area contributed by atoms with Crippen LogP contribution < -0.4 is 33.0 Å². The lowest BCUT2D eigenvalue weighted by atomic mass is 9.82. The molecule has 0 bridgehead atoms. The first kappa shape index (κ1) is 24.9. The third kappa shape index (κ3) is 5.87. The second-order valence-electron chi connectivity index (χ2n) is 8.92. The van der Waals surface area contributed by atoms with Crippen LogP contribution in [0, 0.1) is 5.82 Å². The number of primary amides is 1. The molecule has 0 saturated heterocycles. The van der Waals surface area contributed by atoms with Crippen molar-refractivity contribution in [2.24, 2.45) is 11.5 Å². The number of carbonyl (C=O) groups is 2. The summed E-state index contributed by atoms with van der Waals surface area (Å²) in [5, 5.41) is 8.48. The summed E-state index contributed by atoms with van der Waals surface area (Å²) in [5.41, 5.74) is 10.8. The average molecular weight is 494 g/mol. The number of nitrogens with zero attached hydrogens (tertiary/aromatic N) is 1. The Kier molecular flexibility index (Phi) is 7.30. The summed E-state index contributed by atoms with van der Waals surface area (Å²) >= 11 is 0. The van der Waals surface area contributed by atoms with Crippen molar-refractivity contribution in [1.82, 2.24) is 9.97 Å². The number of anilines is 4. The number of H-pyrrole nitrogens is 1. The van der Waals surface area contributed by atoms with E-state index < -0.39 is 34.3 Å². The van der Waals surface area contributed by atoms with Crippen LogP contribution in [-0.4, -0.2) is 33.9 Å². The van der Waals surface area contributed by atoms with Gasteiger partial charge in [0.2, 0.25) is 5.95 Å². The predicted octanol–water partition coefficient (Wildman–Crippen LogP) is 3.08. The molecule has 188 valence electrons. The van der Waals surface area contributed by atoms with Gasteiger partial charge in [-0.1, -0.05) is 37.5 Å². The molecule has 36 heavy (non-hydrogen) atoms. The third-order valence-corrected chi connectivity index (χ3v) is 6.13. The number of nitrogens with one attached hydrogen (secondary N) is 4. The van der Waals surface area contributed by atoms with E-state index in [0.29, 0.717) is 12.2 Å². The zero-order valence-corrected chi connectivity index (χ0v) is 19.6. The largest absolute Gasteiger partial charge is 0.365 e. The maximum atomic E-state index is 14.5. The van der Waals surface area contributed by atoms with Gasteiger partial charge in [-0.15, -0.1) is 0 Å². The number of nitrogens with two attached hydrogens (primary N) is 2. The topological polar surface area (TPSA) is 168 Å². The number of hydrogen-bond donors (Lipinski definition) is 6. The summed E-state index contributed by atoms with van der Waals surface area (Å²) in [5.74, 6) is -2.44. The second-order valence-corrected chi connectivity index (χ2v) is 8.92. The van der Waals surface area contributed by atoms with Crippen molar-refractivity contribution < 1.29 is 14.0 Å². The molecule has 1 fully saturated rings. The smallest absolute Gasteiger partial charge is 0.267 e. The van der Waals surface area contributed by atoms with Crippen LogP contribution in [-0.2, 0) is 0 Å². The van der Waals surface area contributed by atoms with Gasteiger partial charge in [-0.05, 0) is 43.2 Å². The Bertz CT molecular complexity index is 1320. The van der Waals surface area contributed by atoms with Gasteiger partial charge in [0.1, 0.15) is 11.4 Å². The quantitative estimate of drug-likeness (QED) is 0.280. The van der Waals surface area contributed by atoms with Gasteiger partial charge in [-0.3, -0.25) is 19.4 Å². The molecular formula is C25H28FN7O3. The minimum atomic E-state index is -0.996. The van der Waals surface area contributed by atoms with Gasteiger partial charge in [0, 0.05) is 23.5 Å². The fourth-order valence-corrected chi connectivity index (χ4v) is 4.20. The van der Waals surface area contributed by atoms with E-state index in [-0.39, 0.29) is 23.0 Å². The fraction of sp³-hybridized carbons (Fsp3) is 0.280. The van der Waals surface area contributed by atoms with Crippen molar-refractivity contribution in [3.63, 3.8) is 0 Å². The maximum absolute atomic E-state index is 14.5. The summed E-state index contributed by atoms with van der Waals surface area (Å²) in [6.07, 6.45) is 4.88. The number of carbonyl (C=O) groups excluding carboxylic acids is 2. The molecule has 2 amide bonds. The molecule has 1 heterocycles. The van der Waals surface area contributed by atoms with Crippen LogP contribution in [0.2, 0.25) is 0 Å². The molecule has 4 rings (SSSR count). The molecule has 1 aliphatic rings. The van der Waals surface area contributed by atoms with Crippen molar-refractivity contribution in [2.45, 2.75) is 37.6 Å². The highest BCUT2D eigenvalue weighted by molar-refractivity contribution is 6.05. The summed E-state index contributed by atoms with van der Waals surface area (Å²) < 4.78 is 14.5.